The third-order valence-electron chi connectivity index (χ3n) is 13.5. The van der Waals surface area contributed by atoms with E-state index in [-0.39, 0.29) is 43.3 Å². The van der Waals surface area contributed by atoms with Gasteiger partial charge in [-0.2, -0.15) is 0 Å². The van der Waals surface area contributed by atoms with Gasteiger partial charge in [0.2, 0.25) is 11.8 Å². The number of aromatic nitrogens is 4. The number of nitrogens with two attached hydrogens (primary N) is 1. The maximum atomic E-state index is 14.7. The summed E-state index contributed by atoms with van der Waals surface area (Å²) in [4.78, 5) is 67.9. The number of hydrogen-bond donors (Lipinski definition) is 4. The van der Waals surface area contributed by atoms with E-state index in [9.17, 15) is 24.3 Å². The molecule has 66 heavy (non-hydrogen) atoms. The summed E-state index contributed by atoms with van der Waals surface area (Å²) in [7, 11) is 3.26. The molecule has 1 fully saturated rings. The molecular formula is C50H63N9O7. The average Bonchev–Trinajstić information content (AvgIpc) is 3.98. The number of nitrogens with one attached hydrogen (secondary N) is 2. The first kappa shape index (κ1) is 46.4. The number of ether oxygens (including phenoxy) is 2. The van der Waals surface area contributed by atoms with Gasteiger partial charge in [-0.3, -0.25) is 29.2 Å². The van der Waals surface area contributed by atoms with Gasteiger partial charge >= 0.3 is 5.97 Å². The maximum absolute atomic E-state index is 14.7. The maximum Gasteiger partial charge on any atom is 0.324 e. The molecule has 8 rings (SSSR count). The minimum Gasteiger partial charge on any atom is -0.508 e. The van der Waals surface area contributed by atoms with E-state index in [0.29, 0.717) is 43.7 Å². The second kappa shape index (κ2) is 18.6. The lowest BCUT2D eigenvalue weighted by Crippen LogP contribution is -2.62. The summed E-state index contributed by atoms with van der Waals surface area (Å²) in [6.45, 7) is 13.3. The van der Waals surface area contributed by atoms with Crippen molar-refractivity contribution in [1.82, 2.24) is 39.8 Å². The first-order valence-corrected chi connectivity index (χ1v) is 23.0. The molecule has 5 aromatic rings. The second-order valence-corrected chi connectivity index (χ2v) is 19.2. The summed E-state index contributed by atoms with van der Waals surface area (Å²) in [5.41, 5.74) is 16.1. The molecule has 0 spiro atoms. The Kier molecular flexibility index (Phi) is 13.1. The number of likely N-dealkylation sites (N-methyl/N-ethyl adjacent to an activating group) is 1. The number of benzene rings is 2. The normalized spacial score (nSPS) is 21.8. The molecule has 3 aromatic heterocycles. The van der Waals surface area contributed by atoms with Crippen LogP contribution >= 0.6 is 0 Å². The van der Waals surface area contributed by atoms with Crippen molar-refractivity contribution < 1.29 is 33.8 Å². The average molecular weight is 902 g/mol. The molecule has 0 aliphatic carbocycles. The predicted molar refractivity (Wildman–Crippen MR) is 249 cm³/mol. The van der Waals surface area contributed by atoms with Crippen molar-refractivity contribution in [1.29, 1.82) is 0 Å². The molecule has 2 aromatic carbocycles. The molecular weight excluding hydrogens is 839 g/mol. The van der Waals surface area contributed by atoms with E-state index in [0.717, 1.165) is 44.5 Å². The summed E-state index contributed by atoms with van der Waals surface area (Å²) in [6.07, 6.45) is 6.42. The predicted octanol–water partition coefficient (Wildman–Crippen LogP) is 5.46. The summed E-state index contributed by atoms with van der Waals surface area (Å²) >= 11 is 0. The number of esters is 1. The van der Waals surface area contributed by atoms with Crippen LogP contribution in [0, 0.1) is 17.3 Å². The molecule has 6 heterocycles. The number of phenols is 1. The van der Waals surface area contributed by atoms with Gasteiger partial charge < -0.3 is 39.7 Å². The highest BCUT2D eigenvalue weighted by atomic mass is 16.5. The van der Waals surface area contributed by atoms with E-state index in [1.165, 1.54) is 9.91 Å². The van der Waals surface area contributed by atoms with Gasteiger partial charge in [-0.1, -0.05) is 39.8 Å². The highest BCUT2D eigenvalue weighted by Gasteiger charge is 2.42. The van der Waals surface area contributed by atoms with E-state index >= 15 is 0 Å². The first-order valence-electron chi connectivity index (χ1n) is 23.0. The van der Waals surface area contributed by atoms with E-state index in [2.05, 4.69) is 59.3 Å². The number of amides is 3. The van der Waals surface area contributed by atoms with Crippen LogP contribution in [0.15, 0.2) is 67.1 Å². The number of phenolic OH excluding ortho intramolecular Hbond substituents is 1. The molecule has 0 radical (unpaired) electrons. The molecule has 5 N–H and O–H groups in total. The number of rotatable bonds is 9. The fourth-order valence-electron chi connectivity index (χ4n) is 10.2. The van der Waals surface area contributed by atoms with E-state index < -0.39 is 53.3 Å². The topological polar surface area (TPSA) is 199 Å². The van der Waals surface area contributed by atoms with Crippen molar-refractivity contribution in [2.75, 3.05) is 27.3 Å². The minimum atomic E-state index is -1.16. The Hall–Kier alpha value is -6.10. The van der Waals surface area contributed by atoms with Crippen LogP contribution in [-0.4, -0.2) is 103 Å². The second-order valence-electron chi connectivity index (χ2n) is 19.2. The van der Waals surface area contributed by atoms with Crippen molar-refractivity contribution in [3.8, 4) is 28.1 Å². The summed E-state index contributed by atoms with van der Waals surface area (Å²) in [5.74, 6) is -2.13. The van der Waals surface area contributed by atoms with Crippen LogP contribution in [0.5, 0.6) is 5.75 Å². The molecule has 16 nitrogen and oxygen atoms in total. The van der Waals surface area contributed by atoms with E-state index in [1.807, 2.05) is 43.5 Å². The Balaban J connectivity index is 1.20. The number of aryl methyl sites for hydroxylation is 1. The van der Waals surface area contributed by atoms with Gasteiger partial charge in [0.05, 0.1) is 36.1 Å². The molecule has 0 unspecified atom stereocenters. The van der Waals surface area contributed by atoms with Gasteiger partial charge in [0.15, 0.2) is 0 Å². The van der Waals surface area contributed by atoms with Crippen molar-refractivity contribution in [3.63, 3.8) is 0 Å². The number of nitrogens with zero attached hydrogens (tertiary/aromatic N) is 6. The highest BCUT2D eigenvalue weighted by molar-refractivity contribution is 5.96. The molecule has 0 saturated carbocycles. The van der Waals surface area contributed by atoms with Gasteiger partial charge in [0, 0.05) is 80.7 Å². The van der Waals surface area contributed by atoms with Gasteiger partial charge in [-0.15, -0.1) is 0 Å². The van der Waals surface area contributed by atoms with Crippen LogP contribution in [0.25, 0.3) is 33.3 Å². The molecule has 3 aliphatic heterocycles. The zero-order valence-corrected chi connectivity index (χ0v) is 39.2. The quantitative estimate of drug-likeness (QED) is 0.137. The van der Waals surface area contributed by atoms with E-state index in [4.69, 9.17) is 20.2 Å². The molecule has 1 saturated heterocycles. The third-order valence-corrected chi connectivity index (χ3v) is 13.5. The number of aromatic hydroxyl groups is 1. The lowest BCUT2D eigenvalue weighted by Gasteiger charge is -2.37. The number of methoxy groups -OCH3 is 1. The largest absolute Gasteiger partial charge is 0.508 e. The van der Waals surface area contributed by atoms with Crippen molar-refractivity contribution in [3.05, 3.63) is 89.8 Å². The van der Waals surface area contributed by atoms with Crippen molar-refractivity contribution in [2.45, 2.75) is 111 Å². The van der Waals surface area contributed by atoms with Crippen LogP contribution in [0.1, 0.15) is 89.2 Å². The zero-order valence-electron chi connectivity index (χ0n) is 39.2. The molecule has 6 bridgehead atoms. The fourth-order valence-corrected chi connectivity index (χ4v) is 10.2. The standard InChI is InChI=1S/C50H63N9O7/c1-9-58-40-15-14-31-24-35(40)36(44(58)34-12-10-16-52-42(34)29(4)65-8)25-50(5,6)27-66-49(64)38-13-11-18-59(55-38)48(63)39(22-30-20-32(31)23-33(60)21-30)54-46(61)43(28(2)3)56(7)47(62)37-26-57-19-17-53-45(57)41(37)51/h10,12,14-17,19-21,23-24,28-29,37-39,41,43,55,60H,9,11,13,18,22,25-27,51H2,1-8H3,(H,54,61)/t29-,37-,38-,39-,41-,43-/m0/s1. The Morgan fingerprint density at radius 3 is 2.61 bits per heavy atom. The highest BCUT2D eigenvalue weighted by Crippen LogP contribution is 2.42. The molecule has 6 atom stereocenters. The number of fused-ring (bicyclic) bond motifs is 7. The number of imidazole rings is 1. The van der Waals surface area contributed by atoms with Gasteiger partial charge in [0.25, 0.3) is 5.91 Å². The van der Waals surface area contributed by atoms with Crippen LogP contribution in [0.4, 0.5) is 0 Å². The molecule has 3 aliphatic rings. The Labute approximate surface area is 385 Å². The SMILES string of the molecule is CCn1c(-c2cccnc2[C@H](C)OC)c2c3cc(ccc31)-c1cc(O)cc(c1)C[C@H](NC(=O)[C@H](C(C)C)N(C)C(=O)[C@H]1Cn3ccnc3[C@H]1N)C(=O)N1CCC[C@H](N1)C(=O)OCC(C)(C)C2. The molecule has 350 valence electrons. The summed E-state index contributed by atoms with van der Waals surface area (Å²) in [5, 5.41) is 16.7. The monoisotopic (exact) mass is 901 g/mol. The van der Waals surface area contributed by atoms with E-state index in [1.54, 1.807) is 44.9 Å². The fraction of sp³-hybridized carbons (Fsp3) is 0.480. The van der Waals surface area contributed by atoms with Gasteiger partial charge in [0.1, 0.15) is 29.7 Å². The molecule has 16 heteroatoms. The zero-order chi connectivity index (χ0) is 47.2. The van der Waals surface area contributed by atoms with Crippen LogP contribution in [0.2, 0.25) is 0 Å². The van der Waals surface area contributed by atoms with Crippen LogP contribution in [0.3, 0.4) is 0 Å². The number of hydrazine groups is 1. The lowest BCUT2D eigenvalue weighted by atomic mass is 9.84. The number of pyridine rings is 1. The third kappa shape index (κ3) is 8.93. The smallest absolute Gasteiger partial charge is 0.324 e. The van der Waals surface area contributed by atoms with Gasteiger partial charge in [-0.25, -0.2) is 10.4 Å². The lowest BCUT2D eigenvalue weighted by molar-refractivity contribution is -0.155. The Morgan fingerprint density at radius 2 is 1.88 bits per heavy atom. The summed E-state index contributed by atoms with van der Waals surface area (Å²) in [6, 6.07) is 11.9. The number of cyclic esters (lactones) is 1. The Morgan fingerprint density at radius 1 is 1.09 bits per heavy atom. The first-order chi connectivity index (χ1) is 31.5. The molecule has 3 amide bonds. The van der Waals surface area contributed by atoms with Crippen molar-refractivity contribution >= 4 is 34.6 Å². The Bertz CT molecular complexity index is 2650. The van der Waals surface area contributed by atoms with Gasteiger partial charge in [-0.05, 0) is 97.7 Å². The number of hydrogen-bond acceptors (Lipinski definition) is 11. The minimum absolute atomic E-state index is 0.00410. The van der Waals surface area contributed by atoms with Crippen LogP contribution in [-0.2, 0) is 54.6 Å². The number of carbonyl (C=O) groups excluding carboxylic acids is 4. The van der Waals surface area contributed by atoms with Crippen LogP contribution < -0.4 is 16.5 Å². The van der Waals surface area contributed by atoms with Crippen molar-refractivity contribution in [2.24, 2.45) is 23.0 Å². The summed E-state index contributed by atoms with van der Waals surface area (Å²) < 4.78 is 16.1. The number of carbonyl (C=O) groups is 4.